The number of ether oxygens (including phenoxy) is 1. The lowest BCUT2D eigenvalue weighted by Gasteiger charge is -2.11. The van der Waals surface area contributed by atoms with Crippen LogP contribution in [-0.4, -0.2) is 17.7 Å². The van der Waals surface area contributed by atoms with Gasteiger partial charge in [-0.15, -0.1) is 0 Å². The maximum Gasteiger partial charge on any atom is 0.338 e. The third-order valence-electron chi connectivity index (χ3n) is 2.71. The van der Waals surface area contributed by atoms with Crippen molar-refractivity contribution in [3.63, 3.8) is 0 Å². The van der Waals surface area contributed by atoms with Crippen LogP contribution in [0.1, 0.15) is 17.3 Å². The summed E-state index contributed by atoms with van der Waals surface area (Å²) in [7, 11) is 0. The third kappa shape index (κ3) is 2.57. The lowest BCUT2D eigenvalue weighted by molar-refractivity contribution is 0.0692. The molecular weight excluding hydrogens is 247 g/mol. The second kappa shape index (κ2) is 5.52. The van der Waals surface area contributed by atoms with Crippen LogP contribution >= 0.6 is 0 Å². The number of halogens is 1. The van der Waals surface area contributed by atoms with Crippen LogP contribution in [0.2, 0.25) is 0 Å². The Hall–Kier alpha value is -2.36. The van der Waals surface area contributed by atoms with E-state index in [1.807, 2.05) is 6.92 Å². The minimum absolute atomic E-state index is 0.226. The zero-order chi connectivity index (χ0) is 13.8. The molecular formula is C15H13FO3. The van der Waals surface area contributed by atoms with E-state index in [2.05, 4.69) is 0 Å². The Morgan fingerprint density at radius 2 is 1.84 bits per heavy atom. The first kappa shape index (κ1) is 13.1. The number of hydrogen-bond donors (Lipinski definition) is 1. The highest BCUT2D eigenvalue weighted by molar-refractivity contribution is 5.90. The van der Waals surface area contributed by atoms with E-state index in [1.54, 1.807) is 30.3 Å². The molecule has 0 spiro atoms. The van der Waals surface area contributed by atoms with Gasteiger partial charge in [0.15, 0.2) is 0 Å². The summed E-state index contributed by atoms with van der Waals surface area (Å²) in [6.07, 6.45) is 0. The van der Waals surface area contributed by atoms with Crippen molar-refractivity contribution in [2.45, 2.75) is 6.92 Å². The van der Waals surface area contributed by atoms with Gasteiger partial charge in [-0.05, 0) is 19.1 Å². The van der Waals surface area contributed by atoms with E-state index in [1.165, 1.54) is 12.1 Å². The zero-order valence-electron chi connectivity index (χ0n) is 10.4. The van der Waals surface area contributed by atoms with Crippen LogP contribution in [0.5, 0.6) is 5.75 Å². The van der Waals surface area contributed by atoms with Crippen molar-refractivity contribution >= 4 is 5.97 Å². The van der Waals surface area contributed by atoms with Crippen LogP contribution in [0.3, 0.4) is 0 Å². The molecule has 0 saturated carbocycles. The molecule has 0 aromatic heterocycles. The molecule has 1 N–H and O–H groups in total. The summed E-state index contributed by atoms with van der Waals surface area (Å²) >= 11 is 0. The molecule has 0 aliphatic heterocycles. The first-order valence-electron chi connectivity index (χ1n) is 5.89. The molecule has 19 heavy (non-hydrogen) atoms. The summed E-state index contributed by atoms with van der Waals surface area (Å²) in [6.45, 7) is 2.29. The maximum absolute atomic E-state index is 14.2. The Bertz CT molecular complexity index is 608. The Morgan fingerprint density at radius 3 is 2.53 bits per heavy atom. The smallest absolute Gasteiger partial charge is 0.338 e. The van der Waals surface area contributed by atoms with Crippen molar-refractivity contribution in [1.82, 2.24) is 0 Å². The number of para-hydroxylation sites is 1. The number of carboxylic acids is 1. The Kier molecular flexibility index (Phi) is 3.80. The number of rotatable bonds is 4. The zero-order valence-corrected chi connectivity index (χ0v) is 10.4. The van der Waals surface area contributed by atoms with Crippen LogP contribution in [-0.2, 0) is 0 Å². The predicted octanol–water partition coefficient (Wildman–Crippen LogP) is 3.59. The van der Waals surface area contributed by atoms with Gasteiger partial charge in [-0.1, -0.05) is 30.3 Å². The summed E-state index contributed by atoms with van der Waals surface area (Å²) in [5.41, 5.74) is 0.428. The van der Waals surface area contributed by atoms with Crippen LogP contribution in [0.25, 0.3) is 11.1 Å². The second-order valence-electron chi connectivity index (χ2n) is 3.90. The monoisotopic (exact) mass is 260 g/mol. The van der Waals surface area contributed by atoms with E-state index >= 15 is 0 Å². The summed E-state index contributed by atoms with van der Waals surface area (Å²) in [4.78, 5) is 10.9. The Morgan fingerprint density at radius 1 is 1.16 bits per heavy atom. The van der Waals surface area contributed by atoms with E-state index in [9.17, 15) is 9.18 Å². The maximum atomic E-state index is 14.2. The molecule has 0 radical (unpaired) electrons. The summed E-state index contributed by atoms with van der Waals surface area (Å²) in [5, 5.41) is 8.94. The topological polar surface area (TPSA) is 46.5 Å². The molecule has 0 bridgehead atoms. The van der Waals surface area contributed by atoms with Crippen molar-refractivity contribution in [1.29, 1.82) is 0 Å². The van der Waals surface area contributed by atoms with Crippen LogP contribution in [0.15, 0.2) is 42.5 Å². The highest BCUT2D eigenvalue weighted by atomic mass is 19.1. The minimum atomic E-state index is -1.28. The molecule has 2 aromatic carbocycles. The summed E-state index contributed by atoms with van der Waals surface area (Å²) in [6, 6.07) is 11.3. The molecule has 0 fully saturated rings. The highest BCUT2D eigenvalue weighted by Gasteiger charge is 2.17. The van der Waals surface area contributed by atoms with Gasteiger partial charge in [-0.3, -0.25) is 0 Å². The van der Waals surface area contributed by atoms with Gasteiger partial charge in [0.1, 0.15) is 11.6 Å². The predicted molar refractivity (Wildman–Crippen MR) is 70.0 cm³/mol. The fraction of sp³-hybridized carbons (Fsp3) is 0.133. The molecule has 2 rings (SSSR count). The largest absolute Gasteiger partial charge is 0.493 e. The number of benzene rings is 2. The lowest BCUT2D eigenvalue weighted by Crippen LogP contribution is -2.02. The molecule has 3 nitrogen and oxygen atoms in total. The van der Waals surface area contributed by atoms with Crippen molar-refractivity contribution in [3.05, 3.63) is 53.8 Å². The number of carboxylic acid groups (broad SMARTS) is 1. The molecule has 0 amide bonds. The van der Waals surface area contributed by atoms with E-state index in [-0.39, 0.29) is 11.1 Å². The summed E-state index contributed by atoms with van der Waals surface area (Å²) < 4.78 is 19.6. The number of hydrogen-bond acceptors (Lipinski definition) is 2. The summed E-state index contributed by atoms with van der Waals surface area (Å²) in [5.74, 6) is -1.50. The first-order chi connectivity index (χ1) is 9.15. The van der Waals surface area contributed by atoms with Gasteiger partial charge in [0.25, 0.3) is 0 Å². The molecule has 0 unspecified atom stereocenters. The normalized spacial score (nSPS) is 10.2. The van der Waals surface area contributed by atoms with Crippen LogP contribution in [0.4, 0.5) is 4.39 Å². The molecule has 0 heterocycles. The molecule has 0 saturated heterocycles. The SMILES string of the molecule is CCOc1ccccc1-c1cccc(C(=O)O)c1F. The minimum Gasteiger partial charge on any atom is -0.493 e. The fourth-order valence-corrected chi connectivity index (χ4v) is 1.88. The fourth-order valence-electron chi connectivity index (χ4n) is 1.88. The average molecular weight is 260 g/mol. The van der Waals surface area contributed by atoms with E-state index < -0.39 is 11.8 Å². The van der Waals surface area contributed by atoms with Gasteiger partial charge >= 0.3 is 5.97 Å². The molecule has 0 atom stereocenters. The van der Waals surface area contributed by atoms with E-state index in [0.717, 1.165) is 0 Å². The van der Waals surface area contributed by atoms with Gasteiger partial charge in [0, 0.05) is 11.1 Å². The Balaban J connectivity index is 2.59. The second-order valence-corrected chi connectivity index (χ2v) is 3.90. The highest BCUT2D eigenvalue weighted by Crippen LogP contribution is 2.32. The van der Waals surface area contributed by atoms with Crippen molar-refractivity contribution in [2.75, 3.05) is 6.61 Å². The van der Waals surface area contributed by atoms with Crippen molar-refractivity contribution in [2.24, 2.45) is 0 Å². The third-order valence-corrected chi connectivity index (χ3v) is 2.71. The van der Waals surface area contributed by atoms with Crippen molar-refractivity contribution < 1.29 is 19.0 Å². The number of carbonyl (C=O) groups is 1. The standard InChI is InChI=1S/C15H13FO3/c1-2-19-13-9-4-3-6-10(13)11-7-5-8-12(14(11)16)15(17)18/h3-9H,2H2,1H3,(H,17,18). The van der Waals surface area contributed by atoms with Gasteiger partial charge in [-0.25, -0.2) is 9.18 Å². The van der Waals surface area contributed by atoms with Gasteiger partial charge in [0.2, 0.25) is 0 Å². The average Bonchev–Trinajstić information content (AvgIpc) is 2.40. The quantitative estimate of drug-likeness (QED) is 0.913. The van der Waals surface area contributed by atoms with Crippen molar-refractivity contribution in [3.8, 4) is 16.9 Å². The van der Waals surface area contributed by atoms with Crippen LogP contribution in [0, 0.1) is 5.82 Å². The molecule has 0 aliphatic rings. The van der Waals surface area contributed by atoms with E-state index in [0.29, 0.717) is 17.9 Å². The van der Waals surface area contributed by atoms with Gasteiger partial charge in [-0.2, -0.15) is 0 Å². The van der Waals surface area contributed by atoms with Crippen LogP contribution < -0.4 is 4.74 Å². The molecule has 2 aromatic rings. The molecule has 0 aliphatic carbocycles. The first-order valence-corrected chi connectivity index (χ1v) is 5.89. The molecule has 98 valence electrons. The molecule has 4 heteroatoms. The van der Waals surface area contributed by atoms with Gasteiger partial charge in [0.05, 0.1) is 12.2 Å². The van der Waals surface area contributed by atoms with E-state index in [4.69, 9.17) is 9.84 Å². The number of aromatic carboxylic acids is 1. The Labute approximate surface area is 110 Å². The van der Waals surface area contributed by atoms with Gasteiger partial charge < -0.3 is 9.84 Å². The lowest BCUT2D eigenvalue weighted by atomic mass is 10.0.